The Morgan fingerprint density at radius 3 is 1.81 bits per heavy atom. The van der Waals surface area contributed by atoms with Crippen LogP contribution in [-0.2, 0) is 43.9 Å². The number of ether oxygens (including phenoxy) is 4. The summed E-state index contributed by atoms with van der Waals surface area (Å²) in [4.78, 5) is 0. The van der Waals surface area contributed by atoms with Gasteiger partial charge < -0.3 is 24.1 Å². The Balaban J connectivity index is 1.51. The lowest BCUT2D eigenvalue weighted by molar-refractivity contribution is -0.479. The molecule has 0 radical (unpaired) electrons. The third-order valence-corrected chi connectivity index (χ3v) is 8.60. The van der Waals surface area contributed by atoms with Gasteiger partial charge in [0.05, 0.1) is 25.4 Å². The Bertz CT molecular complexity index is 1500. The van der Waals surface area contributed by atoms with Gasteiger partial charge >= 0.3 is 5.92 Å². The van der Waals surface area contributed by atoms with Gasteiger partial charge in [0.1, 0.15) is 6.10 Å². The molecule has 6 rings (SSSR count). The Kier molecular flexibility index (Phi) is 8.20. The number of benzene rings is 4. The van der Waals surface area contributed by atoms with E-state index in [0.29, 0.717) is 12.0 Å². The van der Waals surface area contributed by atoms with Gasteiger partial charge in [-0.15, -0.1) is 0 Å². The SMILES string of the molecule is CC[C@H]1O[C@]2(OC(O)(c3ccccc3)c3ccccc3C2(F)F)[C@H](OCc2ccccc2)[C@@H](OCc2ccccc2)[C@@H]1C. The predicted molar refractivity (Wildman–Crippen MR) is 158 cm³/mol. The molecule has 6 atom stereocenters. The fraction of sp³-hybridized carbons (Fsp3) is 0.333. The lowest BCUT2D eigenvalue weighted by atomic mass is 9.76. The van der Waals surface area contributed by atoms with E-state index in [-0.39, 0.29) is 30.3 Å². The van der Waals surface area contributed by atoms with Gasteiger partial charge in [0.25, 0.3) is 5.79 Å². The van der Waals surface area contributed by atoms with Crippen LogP contribution in [0.2, 0.25) is 0 Å². The van der Waals surface area contributed by atoms with Crippen molar-refractivity contribution in [3.63, 3.8) is 0 Å². The molecule has 5 nitrogen and oxygen atoms in total. The number of halogens is 2. The van der Waals surface area contributed by atoms with Crippen LogP contribution < -0.4 is 0 Å². The van der Waals surface area contributed by atoms with Crippen LogP contribution in [0.1, 0.15) is 48.1 Å². The van der Waals surface area contributed by atoms with E-state index >= 15 is 8.78 Å². The van der Waals surface area contributed by atoms with Crippen molar-refractivity contribution in [1.29, 1.82) is 0 Å². The molecule has 7 heteroatoms. The maximum absolute atomic E-state index is 17.2. The number of fused-ring (bicyclic) bond motifs is 1. The first-order chi connectivity index (χ1) is 20.8. The molecule has 0 aromatic heterocycles. The van der Waals surface area contributed by atoms with Crippen LogP contribution in [0.3, 0.4) is 0 Å². The standard InChI is InChI=1S/C36H36F2O5/c1-3-31-25(2)32(40-23-26-15-7-4-8-16-26)33(41-24-27-17-9-5-10-18-27)36(42-31)35(37,38)30-22-14-13-21-29(30)34(39,43-36)28-19-11-6-12-20-28/h4-22,25,31-33,39H,3,23-24H2,1-2H3/t25-,31-,32+,33-,34?,36+/m1/s1. The molecule has 2 aliphatic rings. The van der Waals surface area contributed by atoms with Gasteiger partial charge in [-0.05, 0) is 17.5 Å². The first-order valence-corrected chi connectivity index (χ1v) is 14.7. The highest BCUT2D eigenvalue weighted by molar-refractivity contribution is 5.45. The molecule has 1 fully saturated rings. The van der Waals surface area contributed by atoms with Gasteiger partial charge in [-0.2, -0.15) is 8.78 Å². The zero-order chi connectivity index (χ0) is 30.1. The van der Waals surface area contributed by atoms with E-state index in [0.717, 1.165) is 11.1 Å². The maximum Gasteiger partial charge on any atom is 0.329 e. The average molecular weight is 587 g/mol. The summed E-state index contributed by atoms with van der Waals surface area (Å²) in [7, 11) is 0. The van der Waals surface area contributed by atoms with Gasteiger partial charge in [0.2, 0.25) is 5.79 Å². The van der Waals surface area contributed by atoms with Crippen LogP contribution in [0, 0.1) is 5.92 Å². The van der Waals surface area contributed by atoms with Crippen molar-refractivity contribution in [1.82, 2.24) is 0 Å². The van der Waals surface area contributed by atoms with Crippen molar-refractivity contribution in [2.24, 2.45) is 5.92 Å². The molecule has 1 saturated heterocycles. The molecule has 1 N–H and O–H groups in total. The van der Waals surface area contributed by atoms with Gasteiger partial charge in [-0.25, -0.2) is 0 Å². The van der Waals surface area contributed by atoms with Crippen LogP contribution in [0.15, 0.2) is 115 Å². The zero-order valence-electron chi connectivity index (χ0n) is 24.2. The lowest BCUT2D eigenvalue weighted by Crippen LogP contribution is -2.73. The molecule has 43 heavy (non-hydrogen) atoms. The Labute approximate surface area is 251 Å². The second-order valence-electron chi connectivity index (χ2n) is 11.3. The summed E-state index contributed by atoms with van der Waals surface area (Å²) in [6, 6.07) is 33.4. The van der Waals surface area contributed by atoms with Gasteiger partial charge in [-0.3, -0.25) is 0 Å². The topological polar surface area (TPSA) is 57.2 Å². The Morgan fingerprint density at radius 1 is 0.721 bits per heavy atom. The van der Waals surface area contributed by atoms with Crippen LogP contribution in [0.25, 0.3) is 0 Å². The fourth-order valence-corrected chi connectivity index (χ4v) is 6.32. The fourth-order valence-electron chi connectivity index (χ4n) is 6.32. The molecule has 0 amide bonds. The van der Waals surface area contributed by atoms with E-state index in [1.165, 1.54) is 18.2 Å². The first-order valence-electron chi connectivity index (χ1n) is 14.7. The zero-order valence-corrected chi connectivity index (χ0v) is 24.2. The number of aliphatic hydroxyl groups is 1. The average Bonchev–Trinajstić information content (AvgIpc) is 3.05. The third-order valence-electron chi connectivity index (χ3n) is 8.60. The van der Waals surface area contributed by atoms with Crippen LogP contribution in [0.4, 0.5) is 8.78 Å². The van der Waals surface area contributed by atoms with Crippen molar-refractivity contribution in [3.8, 4) is 0 Å². The largest absolute Gasteiger partial charge is 0.370 e. The van der Waals surface area contributed by atoms with Gasteiger partial charge in [0, 0.05) is 22.6 Å². The summed E-state index contributed by atoms with van der Waals surface area (Å²) in [5, 5.41) is 12.3. The van der Waals surface area contributed by atoms with E-state index in [4.69, 9.17) is 18.9 Å². The molecule has 0 aliphatic carbocycles. The van der Waals surface area contributed by atoms with Crippen LogP contribution >= 0.6 is 0 Å². The highest BCUT2D eigenvalue weighted by Gasteiger charge is 2.74. The van der Waals surface area contributed by atoms with E-state index in [9.17, 15) is 5.11 Å². The van der Waals surface area contributed by atoms with Crippen molar-refractivity contribution in [2.45, 2.75) is 69.3 Å². The molecular formula is C36H36F2O5. The summed E-state index contributed by atoms with van der Waals surface area (Å²) in [6.07, 6.45) is -2.54. The second kappa shape index (κ2) is 11.9. The maximum atomic E-state index is 17.2. The monoisotopic (exact) mass is 586 g/mol. The minimum Gasteiger partial charge on any atom is -0.370 e. The van der Waals surface area contributed by atoms with Crippen LogP contribution in [0.5, 0.6) is 0 Å². The molecule has 0 bridgehead atoms. The Morgan fingerprint density at radius 2 is 1.23 bits per heavy atom. The molecule has 224 valence electrons. The smallest absolute Gasteiger partial charge is 0.329 e. The third kappa shape index (κ3) is 5.19. The Hall–Kier alpha value is -3.46. The van der Waals surface area contributed by atoms with Crippen molar-refractivity contribution in [2.75, 3.05) is 0 Å². The van der Waals surface area contributed by atoms with Crippen molar-refractivity contribution in [3.05, 3.63) is 143 Å². The molecule has 1 spiro atoms. The molecular weight excluding hydrogens is 550 g/mol. The number of rotatable bonds is 8. The van der Waals surface area contributed by atoms with E-state index in [1.807, 2.05) is 74.5 Å². The molecule has 2 aliphatic heterocycles. The minimum atomic E-state index is -3.73. The van der Waals surface area contributed by atoms with Crippen molar-refractivity contribution < 1.29 is 32.8 Å². The minimum absolute atomic E-state index is 0.0101. The molecule has 0 saturated carbocycles. The first kappa shape index (κ1) is 29.6. The second-order valence-corrected chi connectivity index (χ2v) is 11.3. The molecule has 4 aromatic rings. The van der Waals surface area contributed by atoms with Gasteiger partial charge in [-0.1, -0.05) is 129 Å². The molecule has 2 heterocycles. The normalized spacial score (nSPS) is 29.7. The van der Waals surface area contributed by atoms with Gasteiger partial charge in [0.15, 0.2) is 0 Å². The number of hydrogen-bond acceptors (Lipinski definition) is 5. The quantitative estimate of drug-likeness (QED) is 0.235. The highest BCUT2D eigenvalue weighted by Crippen LogP contribution is 2.59. The number of hydrogen-bond donors (Lipinski definition) is 1. The highest BCUT2D eigenvalue weighted by atomic mass is 19.3. The van der Waals surface area contributed by atoms with Crippen molar-refractivity contribution >= 4 is 0 Å². The molecule has 1 unspecified atom stereocenters. The van der Waals surface area contributed by atoms with Crippen LogP contribution in [-0.4, -0.2) is 29.2 Å². The van der Waals surface area contributed by atoms with E-state index < -0.39 is 35.8 Å². The van der Waals surface area contributed by atoms with E-state index in [2.05, 4.69) is 0 Å². The predicted octanol–water partition coefficient (Wildman–Crippen LogP) is 7.31. The lowest BCUT2D eigenvalue weighted by Gasteiger charge is -2.58. The summed E-state index contributed by atoms with van der Waals surface area (Å²) in [5.74, 6) is -9.04. The number of alkyl halides is 2. The summed E-state index contributed by atoms with van der Waals surface area (Å²) >= 11 is 0. The van der Waals surface area contributed by atoms with E-state index in [1.54, 1.807) is 36.4 Å². The summed E-state index contributed by atoms with van der Waals surface area (Å²) in [5.41, 5.74) is 1.56. The summed E-state index contributed by atoms with van der Waals surface area (Å²) < 4.78 is 60.2. The summed E-state index contributed by atoms with van der Waals surface area (Å²) in [6.45, 7) is 4.00. The molecule has 4 aromatic carbocycles.